The normalized spacial score (nSPS) is 10.3. The van der Waals surface area contributed by atoms with Crippen LogP contribution in [0, 0.1) is 5.82 Å². The van der Waals surface area contributed by atoms with Gasteiger partial charge in [-0.1, -0.05) is 0 Å². The number of anilines is 1. The Hall–Kier alpha value is -2.64. The van der Waals surface area contributed by atoms with Crippen molar-refractivity contribution < 1.29 is 23.9 Å². The van der Waals surface area contributed by atoms with Gasteiger partial charge in [0, 0.05) is 6.04 Å². The first-order valence-electron chi connectivity index (χ1n) is 6.11. The molecule has 0 aliphatic carbocycles. The summed E-state index contributed by atoms with van der Waals surface area (Å²) in [7, 11) is 0. The predicted octanol–water partition coefficient (Wildman–Crippen LogP) is 1.25. The van der Waals surface area contributed by atoms with E-state index in [-0.39, 0.29) is 23.8 Å². The summed E-state index contributed by atoms with van der Waals surface area (Å²) in [6.45, 7) is 3.03. The fraction of sp³-hybridized carbons (Fsp3) is 0.308. The third kappa shape index (κ3) is 4.44. The van der Waals surface area contributed by atoms with E-state index < -0.39 is 23.7 Å². The van der Waals surface area contributed by atoms with Crippen molar-refractivity contribution in [2.75, 3.05) is 11.9 Å². The van der Waals surface area contributed by atoms with Gasteiger partial charge in [-0.05, 0) is 32.0 Å². The van der Waals surface area contributed by atoms with Crippen molar-refractivity contribution >= 4 is 23.6 Å². The summed E-state index contributed by atoms with van der Waals surface area (Å²) in [5, 5.41) is 11.3. The highest BCUT2D eigenvalue weighted by Gasteiger charge is 2.21. The standard InChI is InChI=1S/C13H16FN3O4/c1-7(2)17(6-11(15)18)13(21)16-10-4-3-8(14)5-9(10)12(19)20/h3-5,7H,6H2,1-2H3,(H2,15,18)(H,16,21)(H,19,20). The summed E-state index contributed by atoms with van der Waals surface area (Å²) in [4.78, 5) is 35.2. The van der Waals surface area contributed by atoms with Crippen molar-refractivity contribution in [3.05, 3.63) is 29.6 Å². The molecule has 0 aliphatic rings. The molecular weight excluding hydrogens is 281 g/mol. The van der Waals surface area contributed by atoms with Crippen LogP contribution in [-0.2, 0) is 4.79 Å². The first kappa shape index (κ1) is 16.4. The molecule has 0 fully saturated rings. The Morgan fingerprint density at radius 2 is 2.00 bits per heavy atom. The minimum Gasteiger partial charge on any atom is -0.478 e. The first-order chi connectivity index (χ1) is 9.72. The van der Waals surface area contributed by atoms with Gasteiger partial charge in [-0.3, -0.25) is 4.79 Å². The number of amides is 3. The number of carboxylic acid groups (broad SMARTS) is 1. The summed E-state index contributed by atoms with van der Waals surface area (Å²) in [6, 6.07) is 1.94. The predicted molar refractivity (Wildman–Crippen MR) is 73.4 cm³/mol. The van der Waals surface area contributed by atoms with Crippen LogP contribution < -0.4 is 11.1 Å². The molecule has 1 aromatic rings. The number of hydrogen-bond acceptors (Lipinski definition) is 3. The van der Waals surface area contributed by atoms with Gasteiger partial charge >= 0.3 is 12.0 Å². The number of halogens is 1. The van der Waals surface area contributed by atoms with E-state index in [0.29, 0.717) is 0 Å². The molecule has 4 N–H and O–H groups in total. The van der Waals surface area contributed by atoms with E-state index in [0.717, 1.165) is 23.1 Å². The van der Waals surface area contributed by atoms with E-state index in [2.05, 4.69) is 5.32 Å². The lowest BCUT2D eigenvalue weighted by molar-refractivity contribution is -0.118. The molecular formula is C13H16FN3O4. The van der Waals surface area contributed by atoms with Gasteiger partial charge in [0.25, 0.3) is 0 Å². The van der Waals surface area contributed by atoms with Crippen LogP contribution in [0.5, 0.6) is 0 Å². The molecule has 7 nitrogen and oxygen atoms in total. The summed E-state index contributed by atoms with van der Waals surface area (Å²) in [5.41, 5.74) is 4.61. The number of carbonyl (C=O) groups excluding carboxylic acids is 2. The molecule has 0 radical (unpaired) electrons. The maximum Gasteiger partial charge on any atom is 0.337 e. The highest BCUT2D eigenvalue weighted by molar-refractivity contribution is 6.00. The van der Waals surface area contributed by atoms with Gasteiger partial charge in [0.2, 0.25) is 5.91 Å². The van der Waals surface area contributed by atoms with Crippen molar-refractivity contribution in [3.63, 3.8) is 0 Å². The second kappa shape index (κ2) is 6.69. The SMILES string of the molecule is CC(C)N(CC(N)=O)C(=O)Nc1ccc(F)cc1C(=O)O. The number of hydrogen-bond donors (Lipinski definition) is 3. The Balaban J connectivity index is 3.01. The number of benzene rings is 1. The Labute approximate surface area is 120 Å². The minimum absolute atomic E-state index is 0.0657. The summed E-state index contributed by atoms with van der Waals surface area (Å²) >= 11 is 0. The molecule has 0 aliphatic heterocycles. The number of primary amides is 1. The van der Waals surface area contributed by atoms with Crippen molar-refractivity contribution in [1.82, 2.24) is 4.90 Å². The molecule has 0 spiro atoms. The van der Waals surface area contributed by atoms with Gasteiger partial charge in [-0.25, -0.2) is 14.0 Å². The van der Waals surface area contributed by atoms with E-state index >= 15 is 0 Å². The van der Waals surface area contributed by atoms with Crippen LogP contribution in [0.1, 0.15) is 24.2 Å². The molecule has 1 rings (SSSR count). The fourth-order valence-electron chi connectivity index (χ4n) is 1.65. The fourth-order valence-corrected chi connectivity index (χ4v) is 1.65. The van der Waals surface area contributed by atoms with Crippen LogP contribution in [0.4, 0.5) is 14.9 Å². The molecule has 0 unspecified atom stereocenters. The molecule has 8 heteroatoms. The Morgan fingerprint density at radius 1 is 1.38 bits per heavy atom. The van der Waals surface area contributed by atoms with Crippen molar-refractivity contribution in [2.24, 2.45) is 5.73 Å². The molecule has 0 atom stereocenters. The summed E-state index contributed by atoms with van der Waals surface area (Å²) < 4.78 is 13.1. The quantitative estimate of drug-likeness (QED) is 0.759. The average Bonchev–Trinajstić information content (AvgIpc) is 2.37. The number of carboxylic acids is 1. The molecule has 0 saturated carbocycles. The van der Waals surface area contributed by atoms with E-state index in [1.165, 1.54) is 0 Å². The van der Waals surface area contributed by atoms with E-state index in [1.807, 2.05) is 0 Å². The number of nitrogens with one attached hydrogen (secondary N) is 1. The van der Waals surface area contributed by atoms with Gasteiger partial charge in [-0.15, -0.1) is 0 Å². The third-order valence-electron chi connectivity index (χ3n) is 2.66. The lowest BCUT2D eigenvalue weighted by Gasteiger charge is -2.25. The Morgan fingerprint density at radius 3 is 2.48 bits per heavy atom. The van der Waals surface area contributed by atoms with Crippen LogP contribution in [0.15, 0.2) is 18.2 Å². The van der Waals surface area contributed by atoms with Crippen LogP contribution in [0.3, 0.4) is 0 Å². The zero-order valence-electron chi connectivity index (χ0n) is 11.6. The maximum atomic E-state index is 13.1. The second-order valence-electron chi connectivity index (χ2n) is 4.61. The molecule has 0 heterocycles. The Kier molecular flexibility index (Phi) is 5.23. The number of rotatable bonds is 5. The highest BCUT2D eigenvalue weighted by atomic mass is 19.1. The van der Waals surface area contributed by atoms with Gasteiger partial charge in [0.15, 0.2) is 0 Å². The number of carbonyl (C=O) groups is 3. The van der Waals surface area contributed by atoms with Crippen LogP contribution in [-0.4, -0.2) is 40.5 Å². The molecule has 0 bridgehead atoms. The molecule has 3 amide bonds. The molecule has 114 valence electrons. The molecule has 0 aromatic heterocycles. The van der Waals surface area contributed by atoms with E-state index in [4.69, 9.17) is 10.8 Å². The zero-order chi connectivity index (χ0) is 16.2. The zero-order valence-corrected chi connectivity index (χ0v) is 11.6. The van der Waals surface area contributed by atoms with Crippen LogP contribution in [0.25, 0.3) is 0 Å². The van der Waals surface area contributed by atoms with E-state index in [1.54, 1.807) is 13.8 Å². The number of nitrogens with two attached hydrogens (primary N) is 1. The van der Waals surface area contributed by atoms with Crippen LogP contribution >= 0.6 is 0 Å². The minimum atomic E-state index is -1.38. The number of aromatic carboxylic acids is 1. The van der Waals surface area contributed by atoms with Gasteiger partial charge in [0.1, 0.15) is 12.4 Å². The van der Waals surface area contributed by atoms with E-state index in [9.17, 15) is 18.8 Å². The summed E-state index contributed by atoms with van der Waals surface area (Å²) in [6.07, 6.45) is 0. The number of urea groups is 1. The van der Waals surface area contributed by atoms with Crippen molar-refractivity contribution in [2.45, 2.75) is 19.9 Å². The first-order valence-corrected chi connectivity index (χ1v) is 6.11. The maximum absolute atomic E-state index is 13.1. The largest absolute Gasteiger partial charge is 0.478 e. The summed E-state index contributed by atoms with van der Waals surface area (Å²) in [5.74, 6) is -2.81. The molecule has 21 heavy (non-hydrogen) atoms. The lowest BCUT2D eigenvalue weighted by atomic mass is 10.1. The van der Waals surface area contributed by atoms with Crippen molar-refractivity contribution in [1.29, 1.82) is 0 Å². The third-order valence-corrected chi connectivity index (χ3v) is 2.66. The topological polar surface area (TPSA) is 113 Å². The highest BCUT2D eigenvalue weighted by Crippen LogP contribution is 2.18. The van der Waals surface area contributed by atoms with Gasteiger partial charge < -0.3 is 21.1 Å². The smallest absolute Gasteiger partial charge is 0.337 e. The molecule has 1 aromatic carbocycles. The molecule has 0 saturated heterocycles. The van der Waals surface area contributed by atoms with Gasteiger partial charge in [-0.2, -0.15) is 0 Å². The monoisotopic (exact) mass is 297 g/mol. The average molecular weight is 297 g/mol. The van der Waals surface area contributed by atoms with Crippen LogP contribution in [0.2, 0.25) is 0 Å². The lowest BCUT2D eigenvalue weighted by Crippen LogP contribution is -2.45. The second-order valence-corrected chi connectivity index (χ2v) is 4.61. The van der Waals surface area contributed by atoms with Crippen molar-refractivity contribution in [3.8, 4) is 0 Å². The number of nitrogens with zero attached hydrogens (tertiary/aromatic N) is 1. The van der Waals surface area contributed by atoms with Gasteiger partial charge in [0.05, 0.1) is 11.3 Å². The Bertz CT molecular complexity index is 575.